The highest BCUT2D eigenvalue weighted by atomic mass is 35.5. The molecular formula is C13H15ClN2O. The highest BCUT2D eigenvalue weighted by molar-refractivity contribution is 6.30. The first-order valence-electron chi connectivity index (χ1n) is 5.90. The standard InChI is InChI=1S/C13H15ClN2O/c14-10-3-1-9(2-4-10)13(5-6-13)7-11-8-17-12(15)16-11/h1-4,11H,5-8H2,(H2,15,16)/t11-/m0/s1. The van der Waals surface area contributed by atoms with Gasteiger partial charge in [-0.15, -0.1) is 0 Å². The number of aliphatic imine (C=N–C) groups is 1. The van der Waals surface area contributed by atoms with Crippen LogP contribution in [0.2, 0.25) is 5.02 Å². The average Bonchev–Trinajstić information content (AvgIpc) is 2.97. The lowest BCUT2D eigenvalue weighted by atomic mass is 9.89. The maximum atomic E-state index is 5.91. The van der Waals surface area contributed by atoms with Gasteiger partial charge in [-0.1, -0.05) is 23.7 Å². The number of hydrogen-bond donors (Lipinski definition) is 1. The summed E-state index contributed by atoms with van der Waals surface area (Å²) in [4.78, 5) is 4.30. The van der Waals surface area contributed by atoms with E-state index in [1.165, 1.54) is 18.4 Å². The lowest BCUT2D eigenvalue weighted by molar-refractivity contribution is 0.299. The van der Waals surface area contributed by atoms with Gasteiger partial charge in [0.25, 0.3) is 6.02 Å². The summed E-state index contributed by atoms with van der Waals surface area (Å²) >= 11 is 5.91. The molecule has 2 N–H and O–H groups in total. The van der Waals surface area contributed by atoms with E-state index in [-0.39, 0.29) is 11.5 Å². The van der Waals surface area contributed by atoms with Crippen LogP contribution < -0.4 is 5.73 Å². The van der Waals surface area contributed by atoms with Crippen molar-refractivity contribution in [2.24, 2.45) is 10.7 Å². The Morgan fingerprint density at radius 3 is 2.59 bits per heavy atom. The van der Waals surface area contributed by atoms with E-state index in [1.54, 1.807) is 0 Å². The molecule has 0 unspecified atom stereocenters. The van der Waals surface area contributed by atoms with Crippen LogP contribution in [-0.4, -0.2) is 18.7 Å². The van der Waals surface area contributed by atoms with E-state index in [4.69, 9.17) is 22.1 Å². The molecular weight excluding hydrogens is 236 g/mol. The predicted octanol–water partition coefficient (Wildman–Crippen LogP) is 2.48. The zero-order chi connectivity index (χ0) is 11.9. The van der Waals surface area contributed by atoms with Gasteiger partial charge >= 0.3 is 0 Å². The molecule has 1 atom stereocenters. The number of nitrogens with zero attached hydrogens (tertiary/aromatic N) is 1. The van der Waals surface area contributed by atoms with Gasteiger partial charge in [-0.05, 0) is 42.4 Å². The molecule has 0 aromatic heterocycles. The molecule has 1 aliphatic heterocycles. The number of nitrogens with two attached hydrogens (primary N) is 1. The van der Waals surface area contributed by atoms with Gasteiger partial charge in [0, 0.05) is 5.02 Å². The zero-order valence-electron chi connectivity index (χ0n) is 9.53. The number of amidine groups is 1. The Balaban J connectivity index is 1.76. The summed E-state index contributed by atoms with van der Waals surface area (Å²) in [5, 5.41) is 0.788. The largest absolute Gasteiger partial charge is 0.463 e. The second kappa shape index (κ2) is 3.91. The number of hydrogen-bond acceptors (Lipinski definition) is 3. The fourth-order valence-electron chi connectivity index (χ4n) is 2.56. The van der Waals surface area contributed by atoms with Crippen molar-refractivity contribution >= 4 is 17.6 Å². The topological polar surface area (TPSA) is 47.6 Å². The Bertz CT molecular complexity index is 451. The van der Waals surface area contributed by atoms with Crippen LogP contribution >= 0.6 is 11.6 Å². The Kier molecular flexibility index (Phi) is 2.51. The van der Waals surface area contributed by atoms with Gasteiger partial charge in [0.2, 0.25) is 0 Å². The van der Waals surface area contributed by atoms with Crippen LogP contribution in [0.1, 0.15) is 24.8 Å². The average molecular weight is 251 g/mol. The quantitative estimate of drug-likeness (QED) is 0.896. The molecule has 3 rings (SSSR count). The highest BCUT2D eigenvalue weighted by Crippen LogP contribution is 2.52. The monoisotopic (exact) mass is 250 g/mol. The van der Waals surface area contributed by atoms with Crippen molar-refractivity contribution in [3.8, 4) is 0 Å². The molecule has 1 aliphatic carbocycles. The molecule has 4 heteroatoms. The number of rotatable bonds is 3. The van der Waals surface area contributed by atoms with Crippen molar-refractivity contribution < 1.29 is 4.74 Å². The lowest BCUT2D eigenvalue weighted by Gasteiger charge is -2.17. The Labute approximate surface area is 106 Å². The third kappa shape index (κ3) is 2.12. The van der Waals surface area contributed by atoms with Gasteiger partial charge in [0.15, 0.2) is 0 Å². The molecule has 0 saturated heterocycles. The highest BCUT2D eigenvalue weighted by Gasteiger charge is 2.46. The fourth-order valence-corrected chi connectivity index (χ4v) is 2.68. The molecule has 1 aromatic carbocycles. The minimum atomic E-state index is 0.216. The normalized spacial score (nSPS) is 25.2. The fraction of sp³-hybridized carbons (Fsp3) is 0.462. The van der Waals surface area contributed by atoms with E-state index in [0.29, 0.717) is 12.6 Å². The van der Waals surface area contributed by atoms with E-state index in [1.807, 2.05) is 12.1 Å². The van der Waals surface area contributed by atoms with Crippen molar-refractivity contribution in [1.29, 1.82) is 0 Å². The molecule has 1 saturated carbocycles. The SMILES string of the molecule is NC1=N[C@@H](CC2(c3ccc(Cl)cc3)CC2)CO1. The molecule has 2 aliphatic rings. The van der Waals surface area contributed by atoms with Crippen molar-refractivity contribution in [2.45, 2.75) is 30.7 Å². The smallest absolute Gasteiger partial charge is 0.282 e. The van der Waals surface area contributed by atoms with Gasteiger partial charge in [-0.2, -0.15) is 0 Å². The maximum absolute atomic E-state index is 5.91. The van der Waals surface area contributed by atoms with Crippen LogP contribution in [0, 0.1) is 0 Å². The summed E-state index contributed by atoms with van der Waals surface area (Å²) in [7, 11) is 0. The summed E-state index contributed by atoms with van der Waals surface area (Å²) in [6.45, 7) is 0.626. The maximum Gasteiger partial charge on any atom is 0.282 e. The van der Waals surface area contributed by atoms with Gasteiger partial charge in [0.1, 0.15) is 6.61 Å². The summed E-state index contributed by atoms with van der Waals surface area (Å²) in [6, 6.07) is 8.71. The van der Waals surface area contributed by atoms with E-state index < -0.39 is 0 Å². The third-order valence-corrected chi connectivity index (χ3v) is 3.92. The van der Waals surface area contributed by atoms with Crippen molar-refractivity contribution in [1.82, 2.24) is 0 Å². The zero-order valence-corrected chi connectivity index (χ0v) is 10.3. The van der Waals surface area contributed by atoms with Gasteiger partial charge in [0.05, 0.1) is 6.04 Å². The van der Waals surface area contributed by atoms with Gasteiger partial charge in [-0.3, -0.25) is 0 Å². The molecule has 90 valence electrons. The summed E-state index contributed by atoms with van der Waals surface area (Å²) < 4.78 is 5.20. The Morgan fingerprint density at radius 1 is 1.35 bits per heavy atom. The summed E-state index contributed by atoms with van der Waals surface area (Å²) in [6.07, 6.45) is 3.47. The second-order valence-electron chi connectivity index (χ2n) is 4.92. The lowest BCUT2D eigenvalue weighted by Crippen LogP contribution is -2.17. The number of benzene rings is 1. The molecule has 1 fully saturated rings. The van der Waals surface area contributed by atoms with Crippen LogP contribution in [0.3, 0.4) is 0 Å². The van der Waals surface area contributed by atoms with Gasteiger partial charge < -0.3 is 10.5 Å². The van der Waals surface area contributed by atoms with E-state index in [0.717, 1.165) is 11.4 Å². The minimum absolute atomic E-state index is 0.216. The number of halogens is 1. The Morgan fingerprint density at radius 2 is 2.06 bits per heavy atom. The molecule has 0 spiro atoms. The number of ether oxygens (including phenoxy) is 1. The minimum Gasteiger partial charge on any atom is -0.463 e. The van der Waals surface area contributed by atoms with Gasteiger partial charge in [-0.25, -0.2) is 4.99 Å². The van der Waals surface area contributed by atoms with Crippen molar-refractivity contribution in [2.75, 3.05) is 6.61 Å². The van der Waals surface area contributed by atoms with Crippen molar-refractivity contribution in [3.05, 3.63) is 34.9 Å². The van der Waals surface area contributed by atoms with E-state index in [2.05, 4.69) is 17.1 Å². The van der Waals surface area contributed by atoms with Crippen LogP contribution in [-0.2, 0) is 10.2 Å². The molecule has 0 radical (unpaired) electrons. The molecule has 0 bridgehead atoms. The van der Waals surface area contributed by atoms with Crippen LogP contribution in [0.15, 0.2) is 29.3 Å². The molecule has 3 nitrogen and oxygen atoms in total. The van der Waals surface area contributed by atoms with Crippen molar-refractivity contribution in [3.63, 3.8) is 0 Å². The Hall–Kier alpha value is -1.22. The second-order valence-corrected chi connectivity index (χ2v) is 5.36. The first-order chi connectivity index (χ1) is 8.18. The van der Waals surface area contributed by atoms with E-state index in [9.17, 15) is 0 Å². The van der Waals surface area contributed by atoms with E-state index >= 15 is 0 Å². The first kappa shape index (κ1) is 10.9. The predicted molar refractivity (Wildman–Crippen MR) is 68.3 cm³/mol. The summed E-state index contributed by atoms with van der Waals surface area (Å²) in [5.41, 5.74) is 7.18. The molecule has 1 heterocycles. The van der Waals surface area contributed by atoms with Crippen LogP contribution in [0.4, 0.5) is 0 Å². The first-order valence-corrected chi connectivity index (χ1v) is 6.28. The van der Waals surface area contributed by atoms with Crippen LogP contribution in [0.25, 0.3) is 0 Å². The molecule has 1 aromatic rings. The third-order valence-electron chi connectivity index (χ3n) is 3.67. The van der Waals surface area contributed by atoms with Crippen LogP contribution in [0.5, 0.6) is 0 Å². The molecule has 0 amide bonds. The summed E-state index contributed by atoms with van der Waals surface area (Å²) in [5.74, 6) is 0. The molecule has 17 heavy (non-hydrogen) atoms.